The van der Waals surface area contributed by atoms with Gasteiger partial charge < -0.3 is 4.90 Å². The molecule has 1 fully saturated rings. The largest absolute Gasteiger partial charge is 0.405 e. The van der Waals surface area contributed by atoms with Gasteiger partial charge in [-0.3, -0.25) is 9.91 Å². The number of halogens is 5. The molecule has 10 heteroatoms. The van der Waals surface area contributed by atoms with E-state index in [1.807, 2.05) is 4.90 Å². The second-order valence-corrected chi connectivity index (χ2v) is 8.31. The molecule has 0 atom stereocenters. The molecule has 0 aromatic heterocycles. The molecule has 0 N–H and O–H groups in total. The van der Waals surface area contributed by atoms with Crippen LogP contribution >= 0.6 is 0 Å². The van der Waals surface area contributed by atoms with Crippen LogP contribution in [0, 0.1) is 28.9 Å². The Bertz CT molecular complexity index is 1270. The standard InChI is InChI=1S/C23H18F5N5/c1-31-13-33-19-4-3-15(24)12-18(19)20(29-21(33)30-31)32(2)17-10-14(9-16(25)11-17)5-6-22(7-8-22)23(26,27)28/h3-4,9-12H,7-8,13H2,1-2H3. The maximum atomic E-state index is 14.4. The number of hydrazone groups is 1. The van der Waals surface area contributed by atoms with Crippen molar-refractivity contribution < 1.29 is 22.0 Å². The van der Waals surface area contributed by atoms with Crippen molar-refractivity contribution in [3.63, 3.8) is 0 Å². The smallest absolute Gasteiger partial charge is 0.329 e. The van der Waals surface area contributed by atoms with E-state index in [-0.39, 0.29) is 18.4 Å². The summed E-state index contributed by atoms with van der Waals surface area (Å²) in [6, 6.07) is 8.08. The molecule has 2 heterocycles. The monoisotopic (exact) mass is 459 g/mol. The molecule has 170 valence electrons. The van der Waals surface area contributed by atoms with E-state index < -0.39 is 23.2 Å². The van der Waals surface area contributed by atoms with Gasteiger partial charge in [0.25, 0.3) is 5.96 Å². The van der Waals surface area contributed by atoms with Crippen LogP contribution < -0.4 is 9.80 Å². The molecule has 1 saturated carbocycles. The van der Waals surface area contributed by atoms with Crippen molar-refractivity contribution in [3.8, 4) is 11.8 Å². The Hall–Kier alpha value is -3.61. The van der Waals surface area contributed by atoms with Crippen molar-refractivity contribution >= 4 is 23.2 Å². The van der Waals surface area contributed by atoms with Crippen LogP contribution in [0.1, 0.15) is 24.0 Å². The summed E-state index contributed by atoms with van der Waals surface area (Å²) in [5.74, 6) is 4.38. The average molecular weight is 459 g/mol. The van der Waals surface area contributed by atoms with Crippen molar-refractivity contribution in [1.82, 2.24) is 5.01 Å². The fourth-order valence-corrected chi connectivity index (χ4v) is 3.86. The lowest BCUT2D eigenvalue weighted by atomic mass is 10.1. The van der Waals surface area contributed by atoms with Crippen LogP contribution in [0.4, 0.5) is 33.3 Å². The molecular formula is C23H18F5N5. The van der Waals surface area contributed by atoms with E-state index in [2.05, 4.69) is 21.9 Å². The minimum Gasteiger partial charge on any atom is -0.329 e. The van der Waals surface area contributed by atoms with Crippen LogP contribution in [0.2, 0.25) is 0 Å². The summed E-state index contributed by atoms with van der Waals surface area (Å²) in [5, 5.41) is 6.02. The number of anilines is 2. The lowest BCUT2D eigenvalue weighted by molar-refractivity contribution is -0.168. The van der Waals surface area contributed by atoms with Gasteiger partial charge in [-0.15, -0.1) is 5.10 Å². The number of rotatable bonds is 1. The first kappa shape index (κ1) is 21.2. The summed E-state index contributed by atoms with van der Waals surface area (Å²) in [6.45, 7) is 0.440. The molecule has 5 nitrogen and oxygen atoms in total. The Kier molecular flexibility index (Phi) is 4.64. The van der Waals surface area contributed by atoms with Gasteiger partial charge in [-0.05, 0) is 49.2 Å². The molecule has 0 bridgehead atoms. The molecule has 5 rings (SSSR count). The Morgan fingerprint density at radius 2 is 1.82 bits per heavy atom. The third kappa shape index (κ3) is 3.67. The molecule has 0 unspecified atom stereocenters. The van der Waals surface area contributed by atoms with Gasteiger partial charge in [-0.2, -0.15) is 18.2 Å². The number of alkyl halides is 3. The van der Waals surface area contributed by atoms with E-state index in [1.54, 1.807) is 30.1 Å². The summed E-state index contributed by atoms with van der Waals surface area (Å²) in [5.41, 5.74) is -0.412. The van der Waals surface area contributed by atoms with E-state index in [4.69, 9.17) is 0 Å². The first-order valence-corrected chi connectivity index (χ1v) is 10.2. The van der Waals surface area contributed by atoms with Crippen LogP contribution in [0.3, 0.4) is 0 Å². The summed E-state index contributed by atoms with van der Waals surface area (Å²) in [6.07, 6.45) is -4.53. The highest BCUT2D eigenvalue weighted by molar-refractivity contribution is 6.23. The Morgan fingerprint density at radius 1 is 1.06 bits per heavy atom. The zero-order valence-corrected chi connectivity index (χ0v) is 17.7. The van der Waals surface area contributed by atoms with E-state index in [1.165, 1.54) is 24.3 Å². The third-order valence-corrected chi connectivity index (χ3v) is 5.87. The lowest BCUT2D eigenvalue weighted by Crippen LogP contribution is -2.39. The fraction of sp³-hybridized carbons (Fsp3) is 0.304. The fourth-order valence-electron chi connectivity index (χ4n) is 3.86. The highest BCUT2D eigenvalue weighted by Crippen LogP contribution is 2.57. The molecule has 2 aliphatic heterocycles. The zero-order chi connectivity index (χ0) is 23.5. The SMILES string of the molecule is CN1CN2C(=N1)N=C(N(C)c1cc(F)cc(C#CC3(C(F)(F)F)CC3)c1)c1cc(F)ccc12. The normalized spacial score (nSPS) is 18.0. The Balaban J connectivity index is 1.54. The summed E-state index contributed by atoms with van der Waals surface area (Å²) >= 11 is 0. The van der Waals surface area contributed by atoms with Gasteiger partial charge in [0.05, 0.1) is 5.69 Å². The molecule has 2 aromatic rings. The van der Waals surface area contributed by atoms with Crippen LogP contribution in [-0.2, 0) is 0 Å². The molecule has 33 heavy (non-hydrogen) atoms. The number of aliphatic imine (C=N–C) groups is 1. The van der Waals surface area contributed by atoms with Gasteiger partial charge >= 0.3 is 6.18 Å². The zero-order valence-electron chi connectivity index (χ0n) is 17.7. The first-order valence-electron chi connectivity index (χ1n) is 10.2. The molecule has 0 spiro atoms. The van der Waals surface area contributed by atoms with Gasteiger partial charge in [0.15, 0.2) is 0 Å². The van der Waals surface area contributed by atoms with Crippen molar-refractivity contribution in [1.29, 1.82) is 0 Å². The van der Waals surface area contributed by atoms with E-state index >= 15 is 0 Å². The van der Waals surface area contributed by atoms with Gasteiger partial charge in [0, 0.05) is 30.9 Å². The van der Waals surface area contributed by atoms with Gasteiger partial charge in [-0.25, -0.2) is 8.78 Å². The van der Waals surface area contributed by atoms with Gasteiger partial charge in [0.2, 0.25) is 0 Å². The number of hydrogen-bond acceptors (Lipinski definition) is 5. The maximum Gasteiger partial charge on any atom is 0.405 e. The van der Waals surface area contributed by atoms with Crippen molar-refractivity contribution in [2.75, 3.05) is 30.6 Å². The number of benzene rings is 2. The van der Waals surface area contributed by atoms with E-state index in [9.17, 15) is 22.0 Å². The summed E-state index contributed by atoms with van der Waals surface area (Å²) in [4.78, 5) is 7.91. The molecule has 1 aliphatic carbocycles. The van der Waals surface area contributed by atoms with Crippen LogP contribution in [0.25, 0.3) is 0 Å². The highest BCUT2D eigenvalue weighted by Gasteiger charge is 2.62. The second kappa shape index (κ2) is 7.20. The number of guanidine groups is 1. The van der Waals surface area contributed by atoms with Crippen molar-refractivity contribution in [2.45, 2.75) is 19.0 Å². The lowest BCUT2D eigenvalue weighted by Gasteiger charge is -2.30. The van der Waals surface area contributed by atoms with Gasteiger partial charge in [-0.1, -0.05) is 11.8 Å². The second-order valence-electron chi connectivity index (χ2n) is 8.31. The van der Waals surface area contributed by atoms with E-state index in [0.717, 1.165) is 6.07 Å². The molecule has 3 aliphatic rings. The quantitative estimate of drug-likeness (QED) is 0.464. The first-order chi connectivity index (χ1) is 15.6. The minimum atomic E-state index is -4.42. The topological polar surface area (TPSA) is 34.4 Å². The summed E-state index contributed by atoms with van der Waals surface area (Å²) in [7, 11) is 3.39. The average Bonchev–Trinajstić information content (AvgIpc) is 3.46. The van der Waals surface area contributed by atoms with Crippen molar-refractivity contribution in [2.24, 2.45) is 15.5 Å². The molecule has 0 amide bonds. The van der Waals surface area contributed by atoms with Crippen molar-refractivity contribution in [3.05, 3.63) is 59.2 Å². The number of nitrogens with zero attached hydrogens (tertiary/aromatic N) is 5. The molecule has 0 radical (unpaired) electrons. The van der Waals surface area contributed by atoms with Crippen LogP contribution in [0.15, 0.2) is 46.5 Å². The summed E-state index contributed by atoms with van der Waals surface area (Å²) < 4.78 is 68.0. The number of fused-ring (bicyclic) bond motifs is 3. The maximum absolute atomic E-state index is 14.4. The molecular weight excluding hydrogens is 441 g/mol. The van der Waals surface area contributed by atoms with E-state index in [0.29, 0.717) is 35.4 Å². The minimum absolute atomic E-state index is 0.0578. The predicted octanol–water partition coefficient (Wildman–Crippen LogP) is 4.54. The molecule has 2 aromatic carbocycles. The Labute approximate surface area is 186 Å². The predicted molar refractivity (Wildman–Crippen MR) is 115 cm³/mol. The Morgan fingerprint density at radius 3 is 2.52 bits per heavy atom. The highest BCUT2D eigenvalue weighted by atomic mass is 19.4. The van der Waals surface area contributed by atoms with Crippen LogP contribution in [0.5, 0.6) is 0 Å². The number of hydrogen-bond donors (Lipinski definition) is 0. The van der Waals surface area contributed by atoms with Gasteiger partial charge in [0.1, 0.15) is 29.6 Å². The van der Waals surface area contributed by atoms with Crippen LogP contribution in [-0.4, -0.2) is 43.7 Å². The number of amidine groups is 1. The third-order valence-electron chi connectivity index (χ3n) is 5.87. The molecule has 0 saturated heterocycles.